The fourth-order valence-corrected chi connectivity index (χ4v) is 0.463. The number of cyclic esters (lactones) is 1. The van der Waals surface area contributed by atoms with E-state index in [0.29, 0.717) is 13.0 Å². The van der Waals surface area contributed by atoms with E-state index < -0.39 is 17.9 Å². The maximum atomic E-state index is 9.99. The minimum Gasteiger partial charge on any atom is -0.550 e. The van der Waals surface area contributed by atoms with Gasteiger partial charge in [-0.15, -0.1) is 0 Å². The Kier molecular flexibility index (Phi) is 11.5. The highest BCUT2D eigenvalue weighted by Gasteiger charge is 2.10. The molecule has 104 valence electrons. The summed E-state index contributed by atoms with van der Waals surface area (Å²) in [7, 11) is 0. The predicted octanol–water partition coefficient (Wildman–Crippen LogP) is -2.62. The van der Waals surface area contributed by atoms with Crippen molar-refractivity contribution in [3.8, 4) is 0 Å². The Balaban J connectivity index is 0. The Morgan fingerprint density at radius 1 is 1.28 bits per heavy atom. The van der Waals surface area contributed by atoms with Crippen LogP contribution in [-0.4, -0.2) is 37.1 Å². The Hall–Kier alpha value is -2.12. The number of carbonyl (C=O) groups excluding carboxylic acids is 4. The van der Waals surface area contributed by atoms with Crippen LogP contribution in [0.25, 0.3) is 0 Å². The van der Waals surface area contributed by atoms with Crippen LogP contribution in [0, 0.1) is 0 Å². The van der Waals surface area contributed by atoms with Crippen LogP contribution in [0.4, 0.5) is 0 Å². The molecule has 0 aromatic heterocycles. The molecule has 8 heteroatoms. The largest absolute Gasteiger partial charge is 0.550 e. The van der Waals surface area contributed by atoms with E-state index in [2.05, 4.69) is 9.47 Å². The number of hydrogen-bond acceptors (Lipinski definition) is 8. The zero-order chi connectivity index (χ0) is 14.6. The topological polar surface area (TPSA) is 133 Å². The van der Waals surface area contributed by atoms with Gasteiger partial charge in [-0.25, -0.2) is 0 Å². The lowest BCUT2D eigenvalue weighted by Gasteiger charge is -2.09. The number of ether oxygens (including phenoxy) is 2. The van der Waals surface area contributed by atoms with E-state index in [1.54, 1.807) is 0 Å². The van der Waals surface area contributed by atoms with Crippen LogP contribution in [0.2, 0.25) is 0 Å². The van der Waals surface area contributed by atoms with Gasteiger partial charge in [-0.3, -0.25) is 9.59 Å². The number of carbonyl (C=O) groups is 4. The molecule has 0 unspecified atom stereocenters. The van der Waals surface area contributed by atoms with E-state index >= 15 is 0 Å². The molecule has 0 radical (unpaired) electrons. The van der Waals surface area contributed by atoms with Gasteiger partial charge in [-0.1, -0.05) is 0 Å². The van der Waals surface area contributed by atoms with Crippen molar-refractivity contribution in [1.82, 2.24) is 0 Å². The van der Waals surface area contributed by atoms with Crippen LogP contribution < -0.4 is 10.2 Å². The third-order valence-corrected chi connectivity index (χ3v) is 1.18. The molecule has 1 aliphatic heterocycles. The molecular weight excluding hydrogens is 248 g/mol. The fraction of sp³-hybridized carbons (Fsp3) is 0.600. The number of carboxylic acids is 2. The second kappa shape index (κ2) is 11.4. The van der Waals surface area contributed by atoms with Gasteiger partial charge in [-0.2, -0.15) is 0 Å². The molecule has 0 saturated carbocycles. The summed E-state index contributed by atoms with van der Waals surface area (Å²) >= 11 is 0. The molecule has 0 aromatic carbocycles. The third-order valence-electron chi connectivity index (χ3n) is 1.18. The Morgan fingerprint density at radius 2 is 1.67 bits per heavy atom. The van der Waals surface area contributed by atoms with Crippen molar-refractivity contribution in [2.75, 3.05) is 13.2 Å². The molecule has 1 rings (SSSR count). The molecular formula is C10H14O8-2. The third kappa shape index (κ3) is 23.6. The fourth-order valence-electron chi connectivity index (χ4n) is 0.463. The van der Waals surface area contributed by atoms with Gasteiger partial charge in [0.15, 0.2) is 0 Å². The van der Waals surface area contributed by atoms with Crippen molar-refractivity contribution in [1.29, 1.82) is 0 Å². The van der Waals surface area contributed by atoms with Crippen molar-refractivity contribution in [2.45, 2.75) is 26.7 Å². The first-order valence-electron chi connectivity index (χ1n) is 4.92. The Morgan fingerprint density at radius 3 is 1.83 bits per heavy atom. The Labute approximate surface area is 103 Å². The van der Waals surface area contributed by atoms with Crippen LogP contribution in [0.3, 0.4) is 0 Å². The number of aliphatic carboxylic acids is 2. The molecule has 1 heterocycles. The summed E-state index contributed by atoms with van der Waals surface area (Å²) in [5, 5.41) is 18.6. The first kappa shape index (κ1) is 18.3. The maximum Gasteiger partial charge on any atom is 0.309 e. The van der Waals surface area contributed by atoms with E-state index in [9.17, 15) is 19.5 Å². The lowest BCUT2D eigenvalue weighted by atomic mass is 10.4. The van der Waals surface area contributed by atoms with Crippen LogP contribution in [-0.2, 0) is 28.7 Å². The molecule has 1 aliphatic rings. The summed E-state index contributed by atoms with van der Waals surface area (Å²) in [5.74, 6) is -2.84. The average Bonchev–Trinajstić information content (AvgIpc) is 2.13. The van der Waals surface area contributed by atoms with Gasteiger partial charge in [0.05, 0.1) is 13.0 Å². The minimum absolute atomic E-state index is 0.0648. The second-order valence-corrected chi connectivity index (χ2v) is 2.92. The normalized spacial score (nSPS) is 11.3. The molecule has 8 nitrogen and oxygen atoms in total. The molecule has 1 saturated heterocycles. The monoisotopic (exact) mass is 262 g/mol. The molecule has 1 fully saturated rings. The lowest BCUT2D eigenvalue weighted by Crippen LogP contribution is -2.23. The zero-order valence-corrected chi connectivity index (χ0v) is 10.1. The van der Waals surface area contributed by atoms with Gasteiger partial charge in [0.2, 0.25) is 0 Å². The standard InChI is InChI=1S/C5H8O4.C3H4O2.C2H4O2/c1-4(6)9-3-2-5(7)8;4-3-1-2-5-3;1-2(3)4/h2-3H2,1H3,(H,7,8);1-2H2;1H3,(H,3,4)/p-2. The molecule has 0 N–H and O–H groups in total. The van der Waals surface area contributed by atoms with E-state index in [0.717, 1.165) is 6.92 Å². The highest BCUT2D eigenvalue weighted by Crippen LogP contribution is 1.97. The van der Waals surface area contributed by atoms with Crippen molar-refractivity contribution < 1.29 is 38.9 Å². The molecule has 18 heavy (non-hydrogen) atoms. The zero-order valence-electron chi connectivity index (χ0n) is 10.1. The quantitative estimate of drug-likeness (QED) is 0.505. The SMILES string of the molecule is CC(=O)OCCC(=O)[O-].CC(=O)[O-].O=C1CCO1. The average molecular weight is 262 g/mol. The van der Waals surface area contributed by atoms with E-state index in [1.165, 1.54) is 6.92 Å². The number of carboxylic acid groups (broad SMARTS) is 2. The summed E-state index contributed by atoms with van der Waals surface area (Å²) < 4.78 is 8.58. The molecule has 0 bridgehead atoms. The van der Waals surface area contributed by atoms with Crippen LogP contribution in [0.15, 0.2) is 0 Å². The summed E-state index contributed by atoms with van der Waals surface area (Å²) in [6.07, 6.45) is 0.388. The van der Waals surface area contributed by atoms with Crippen molar-refractivity contribution in [3.05, 3.63) is 0 Å². The van der Waals surface area contributed by atoms with Gasteiger partial charge in [0.25, 0.3) is 0 Å². The predicted molar refractivity (Wildman–Crippen MR) is 52.5 cm³/mol. The molecule has 0 atom stereocenters. The van der Waals surface area contributed by atoms with Gasteiger partial charge in [0.1, 0.15) is 6.61 Å². The maximum absolute atomic E-state index is 9.99. The van der Waals surface area contributed by atoms with Crippen LogP contribution in [0.5, 0.6) is 0 Å². The lowest BCUT2D eigenvalue weighted by molar-refractivity contribution is -0.306. The van der Waals surface area contributed by atoms with Crippen molar-refractivity contribution >= 4 is 23.9 Å². The summed E-state index contributed by atoms with van der Waals surface area (Å²) in [5.41, 5.74) is 0. The number of rotatable bonds is 3. The van der Waals surface area contributed by atoms with Crippen LogP contribution in [0.1, 0.15) is 26.7 Å². The first-order chi connectivity index (χ1) is 8.25. The molecule has 0 amide bonds. The molecule has 0 aromatic rings. The second-order valence-electron chi connectivity index (χ2n) is 2.92. The summed E-state index contributed by atoms with van der Waals surface area (Å²) in [4.78, 5) is 38.2. The summed E-state index contributed by atoms with van der Waals surface area (Å²) in [6, 6.07) is 0. The first-order valence-corrected chi connectivity index (χ1v) is 4.92. The van der Waals surface area contributed by atoms with E-state index in [1.807, 2.05) is 0 Å². The molecule has 0 aliphatic carbocycles. The molecule has 0 spiro atoms. The van der Waals surface area contributed by atoms with Gasteiger partial charge in [0, 0.05) is 25.3 Å². The minimum atomic E-state index is -1.21. The van der Waals surface area contributed by atoms with Gasteiger partial charge in [-0.05, 0) is 6.92 Å². The highest BCUT2D eigenvalue weighted by atomic mass is 16.6. The van der Waals surface area contributed by atoms with Crippen molar-refractivity contribution in [2.24, 2.45) is 0 Å². The summed E-state index contributed by atoms with van der Waals surface area (Å²) in [6.45, 7) is 2.73. The smallest absolute Gasteiger partial charge is 0.309 e. The van der Waals surface area contributed by atoms with Gasteiger partial charge >= 0.3 is 11.9 Å². The van der Waals surface area contributed by atoms with Crippen molar-refractivity contribution in [3.63, 3.8) is 0 Å². The highest BCUT2D eigenvalue weighted by molar-refractivity contribution is 5.73. The Bertz CT molecular complexity index is 272. The van der Waals surface area contributed by atoms with Crippen LogP contribution >= 0.6 is 0 Å². The van der Waals surface area contributed by atoms with E-state index in [4.69, 9.17) is 9.90 Å². The van der Waals surface area contributed by atoms with Gasteiger partial charge < -0.3 is 29.3 Å². The van der Waals surface area contributed by atoms with E-state index in [-0.39, 0.29) is 19.0 Å². The number of esters is 2. The number of hydrogen-bond donors (Lipinski definition) is 0.